The molecule has 27 heavy (non-hydrogen) atoms. The van der Waals surface area contributed by atoms with E-state index >= 15 is 0 Å². The maximum absolute atomic E-state index is 12.6. The van der Waals surface area contributed by atoms with Crippen LogP contribution in [0.4, 0.5) is 11.4 Å². The van der Waals surface area contributed by atoms with E-state index in [1.165, 1.54) is 0 Å². The number of hydrogen-bond acceptors (Lipinski definition) is 4. The first-order chi connectivity index (χ1) is 13.1. The van der Waals surface area contributed by atoms with Crippen LogP contribution in [-0.4, -0.2) is 31.6 Å². The minimum absolute atomic E-state index is 0.143. The lowest BCUT2D eigenvalue weighted by Crippen LogP contribution is -2.23. The number of amides is 2. The summed E-state index contributed by atoms with van der Waals surface area (Å²) >= 11 is 0. The van der Waals surface area contributed by atoms with Gasteiger partial charge in [0.15, 0.2) is 11.5 Å². The van der Waals surface area contributed by atoms with Crippen LogP contribution in [0, 0.1) is 0 Å². The molecule has 2 amide bonds. The molecule has 2 aromatic rings. The molecule has 0 radical (unpaired) electrons. The molecule has 0 aromatic heterocycles. The summed E-state index contributed by atoms with van der Waals surface area (Å²) in [5.74, 6) is 1.08. The monoisotopic (exact) mass is 368 g/mol. The molecule has 6 nitrogen and oxygen atoms in total. The van der Waals surface area contributed by atoms with Crippen molar-refractivity contribution in [2.24, 2.45) is 0 Å². The van der Waals surface area contributed by atoms with Gasteiger partial charge in [0.2, 0.25) is 5.91 Å². The second-order valence-corrected chi connectivity index (χ2v) is 6.18. The third-order valence-corrected chi connectivity index (χ3v) is 4.32. The quantitative estimate of drug-likeness (QED) is 0.806. The number of anilines is 2. The number of nitrogens with one attached hydrogen (secondary N) is 1. The molecule has 1 saturated heterocycles. The largest absolute Gasteiger partial charge is 0.490 e. The third kappa shape index (κ3) is 4.39. The lowest BCUT2D eigenvalue weighted by molar-refractivity contribution is -0.117. The summed E-state index contributed by atoms with van der Waals surface area (Å²) in [6, 6.07) is 12.4. The van der Waals surface area contributed by atoms with Crippen molar-refractivity contribution in [2.45, 2.75) is 26.7 Å². The van der Waals surface area contributed by atoms with Crippen LogP contribution in [0.15, 0.2) is 42.5 Å². The zero-order valence-electron chi connectivity index (χ0n) is 15.7. The van der Waals surface area contributed by atoms with Gasteiger partial charge in [0.05, 0.1) is 13.2 Å². The first-order valence-corrected chi connectivity index (χ1v) is 9.23. The van der Waals surface area contributed by atoms with Gasteiger partial charge in [-0.1, -0.05) is 0 Å². The molecule has 0 aliphatic carbocycles. The van der Waals surface area contributed by atoms with Crippen molar-refractivity contribution in [2.75, 3.05) is 30.0 Å². The maximum atomic E-state index is 12.6. The van der Waals surface area contributed by atoms with E-state index in [-0.39, 0.29) is 11.8 Å². The Morgan fingerprint density at radius 1 is 1.04 bits per heavy atom. The van der Waals surface area contributed by atoms with Crippen LogP contribution < -0.4 is 19.7 Å². The third-order valence-electron chi connectivity index (χ3n) is 4.32. The Hall–Kier alpha value is -3.02. The van der Waals surface area contributed by atoms with E-state index in [1.54, 1.807) is 35.2 Å². The second-order valence-electron chi connectivity index (χ2n) is 6.18. The zero-order valence-corrected chi connectivity index (χ0v) is 15.7. The van der Waals surface area contributed by atoms with Crippen LogP contribution in [0.2, 0.25) is 0 Å². The van der Waals surface area contributed by atoms with Crippen molar-refractivity contribution in [3.8, 4) is 11.5 Å². The van der Waals surface area contributed by atoms with Crippen LogP contribution in [0.5, 0.6) is 11.5 Å². The van der Waals surface area contributed by atoms with Crippen LogP contribution in [-0.2, 0) is 4.79 Å². The number of rotatable bonds is 7. The average Bonchev–Trinajstić information content (AvgIpc) is 3.10. The van der Waals surface area contributed by atoms with Gasteiger partial charge in [-0.2, -0.15) is 0 Å². The van der Waals surface area contributed by atoms with Crippen LogP contribution in [0.1, 0.15) is 37.0 Å². The number of nitrogens with zero attached hydrogens (tertiary/aromatic N) is 1. The van der Waals surface area contributed by atoms with Crippen molar-refractivity contribution in [1.82, 2.24) is 0 Å². The molecule has 0 spiro atoms. The van der Waals surface area contributed by atoms with Crippen molar-refractivity contribution >= 4 is 23.2 Å². The van der Waals surface area contributed by atoms with E-state index in [2.05, 4.69) is 5.32 Å². The topological polar surface area (TPSA) is 67.9 Å². The summed E-state index contributed by atoms with van der Waals surface area (Å²) in [5, 5.41) is 2.87. The van der Waals surface area contributed by atoms with Gasteiger partial charge in [-0.25, -0.2) is 0 Å². The maximum Gasteiger partial charge on any atom is 0.255 e. The fourth-order valence-electron chi connectivity index (χ4n) is 3.04. The summed E-state index contributed by atoms with van der Waals surface area (Å²) in [6.45, 7) is 5.54. The predicted octanol–water partition coefficient (Wildman–Crippen LogP) is 3.86. The Morgan fingerprint density at radius 2 is 1.74 bits per heavy atom. The number of hydrogen-bond donors (Lipinski definition) is 1. The molecule has 142 valence electrons. The number of carbonyl (C=O) groups excluding carboxylic acids is 2. The van der Waals surface area contributed by atoms with Crippen LogP contribution in [0.25, 0.3) is 0 Å². The molecule has 1 heterocycles. The smallest absolute Gasteiger partial charge is 0.255 e. The molecule has 1 aliphatic heterocycles. The highest BCUT2D eigenvalue weighted by Crippen LogP contribution is 2.29. The number of benzene rings is 2. The molecule has 1 aliphatic rings. The van der Waals surface area contributed by atoms with Gasteiger partial charge >= 0.3 is 0 Å². The fourth-order valence-corrected chi connectivity index (χ4v) is 3.04. The normalized spacial score (nSPS) is 13.6. The summed E-state index contributed by atoms with van der Waals surface area (Å²) in [5.41, 5.74) is 2.01. The van der Waals surface area contributed by atoms with E-state index in [4.69, 9.17) is 9.47 Å². The van der Waals surface area contributed by atoms with Crippen molar-refractivity contribution in [1.29, 1.82) is 0 Å². The Balaban J connectivity index is 1.71. The van der Waals surface area contributed by atoms with Gasteiger partial charge in [-0.05, 0) is 62.7 Å². The molecule has 0 atom stereocenters. The second kappa shape index (κ2) is 8.58. The molecule has 0 bridgehead atoms. The highest BCUT2D eigenvalue weighted by molar-refractivity contribution is 6.05. The molecule has 6 heteroatoms. The van der Waals surface area contributed by atoms with E-state index in [0.717, 1.165) is 18.7 Å². The summed E-state index contributed by atoms with van der Waals surface area (Å²) in [7, 11) is 0. The first kappa shape index (κ1) is 18.8. The summed E-state index contributed by atoms with van der Waals surface area (Å²) in [4.78, 5) is 26.1. The van der Waals surface area contributed by atoms with Crippen LogP contribution in [0.3, 0.4) is 0 Å². The molecular weight excluding hydrogens is 344 g/mol. The predicted molar refractivity (Wildman–Crippen MR) is 105 cm³/mol. The molecule has 1 N–H and O–H groups in total. The van der Waals surface area contributed by atoms with Gasteiger partial charge in [0.25, 0.3) is 5.91 Å². The van der Waals surface area contributed by atoms with E-state index in [9.17, 15) is 9.59 Å². The van der Waals surface area contributed by atoms with Gasteiger partial charge < -0.3 is 19.7 Å². The van der Waals surface area contributed by atoms with E-state index in [0.29, 0.717) is 42.4 Å². The van der Waals surface area contributed by atoms with Gasteiger partial charge in [-0.15, -0.1) is 0 Å². The van der Waals surface area contributed by atoms with Crippen molar-refractivity contribution in [3.05, 3.63) is 48.0 Å². The molecule has 1 fully saturated rings. The van der Waals surface area contributed by atoms with Crippen molar-refractivity contribution < 1.29 is 19.1 Å². The Morgan fingerprint density at radius 3 is 2.37 bits per heavy atom. The molecular formula is C21H24N2O4. The first-order valence-electron chi connectivity index (χ1n) is 9.23. The Labute approximate surface area is 159 Å². The molecule has 0 saturated carbocycles. The molecule has 0 unspecified atom stereocenters. The van der Waals surface area contributed by atoms with Gasteiger partial charge in [0, 0.05) is 29.9 Å². The number of carbonyl (C=O) groups is 2. The van der Waals surface area contributed by atoms with Crippen LogP contribution >= 0.6 is 0 Å². The summed E-state index contributed by atoms with van der Waals surface area (Å²) < 4.78 is 11.1. The van der Waals surface area contributed by atoms with Gasteiger partial charge in [0.1, 0.15) is 0 Å². The average molecular weight is 368 g/mol. The standard InChI is InChI=1S/C21H24N2O4/c1-3-26-18-12-7-15(14-19(18)27-4-2)21(25)22-16-8-10-17(11-9-16)23-13-5-6-20(23)24/h7-12,14H,3-6,13H2,1-2H3,(H,22,25). The lowest BCUT2D eigenvalue weighted by atomic mass is 10.1. The number of ether oxygens (including phenoxy) is 2. The minimum Gasteiger partial charge on any atom is -0.490 e. The Bertz CT molecular complexity index is 817. The fraction of sp³-hybridized carbons (Fsp3) is 0.333. The SMILES string of the molecule is CCOc1ccc(C(=O)Nc2ccc(N3CCCC3=O)cc2)cc1OCC. The van der Waals surface area contributed by atoms with E-state index in [1.807, 2.05) is 26.0 Å². The van der Waals surface area contributed by atoms with E-state index < -0.39 is 0 Å². The van der Waals surface area contributed by atoms with Crippen molar-refractivity contribution in [3.63, 3.8) is 0 Å². The highest BCUT2D eigenvalue weighted by atomic mass is 16.5. The zero-order chi connectivity index (χ0) is 19.2. The lowest BCUT2D eigenvalue weighted by Gasteiger charge is -2.16. The Kier molecular flexibility index (Phi) is 5.96. The molecule has 3 rings (SSSR count). The minimum atomic E-state index is -0.232. The molecule has 2 aromatic carbocycles. The summed E-state index contributed by atoms with van der Waals surface area (Å²) in [6.07, 6.45) is 1.48. The highest BCUT2D eigenvalue weighted by Gasteiger charge is 2.21. The van der Waals surface area contributed by atoms with Gasteiger partial charge in [-0.3, -0.25) is 9.59 Å².